The maximum absolute atomic E-state index is 13.3. The van der Waals surface area contributed by atoms with Gasteiger partial charge in [0.2, 0.25) is 0 Å². The lowest BCUT2D eigenvalue weighted by molar-refractivity contribution is -0.135. The van der Waals surface area contributed by atoms with Crippen molar-refractivity contribution in [1.29, 1.82) is 0 Å². The molecule has 4 heteroatoms. The van der Waals surface area contributed by atoms with Crippen molar-refractivity contribution in [3.05, 3.63) is 64.2 Å². The van der Waals surface area contributed by atoms with Crippen LogP contribution in [0.15, 0.2) is 36.4 Å². The van der Waals surface area contributed by atoms with Gasteiger partial charge in [-0.2, -0.15) is 0 Å². The Morgan fingerprint density at radius 2 is 1.69 bits per heavy atom. The van der Waals surface area contributed by atoms with Gasteiger partial charge < -0.3 is 10.0 Å². The van der Waals surface area contributed by atoms with E-state index in [2.05, 4.69) is 20.8 Å². The van der Waals surface area contributed by atoms with Crippen LogP contribution < -0.4 is 4.90 Å². The summed E-state index contributed by atoms with van der Waals surface area (Å²) >= 11 is 0. The third kappa shape index (κ3) is 3.62. The van der Waals surface area contributed by atoms with Crippen molar-refractivity contribution < 1.29 is 14.7 Å². The predicted molar refractivity (Wildman–Crippen MR) is 117 cm³/mol. The van der Waals surface area contributed by atoms with Gasteiger partial charge in [-0.1, -0.05) is 58.0 Å². The topological polar surface area (TPSA) is 57.6 Å². The second-order valence-corrected chi connectivity index (χ2v) is 9.17. The van der Waals surface area contributed by atoms with Crippen LogP contribution in [0, 0.1) is 13.8 Å². The number of fused-ring (bicyclic) bond motifs is 1. The number of rotatable bonds is 5. The summed E-state index contributed by atoms with van der Waals surface area (Å²) in [5.41, 5.74) is 2.92. The Bertz CT molecular complexity index is 947. The molecule has 1 amide bonds. The summed E-state index contributed by atoms with van der Waals surface area (Å²) in [7, 11) is 0. The maximum Gasteiger partial charge on any atom is 0.264 e. The first kappa shape index (κ1) is 21.3. The molecular weight excluding hydrogens is 362 g/mol. The second kappa shape index (κ2) is 7.42. The summed E-state index contributed by atoms with van der Waals surface area (Å²) in [5.74, 6) is -0.611. The number of amides is 1. The highest BCUT2D eigenvalue weighted by Gasteiger charge is 2.50. The van der Waals surface area contributed by atoms with Crippen LogP contribution >= 0.6 is 0 Å². The lowest BCUT2D eigenvalue weighted by atomic mass is 9.81. The number of Topliss-reactive ketones (excluding diaryl/α,β-unsaturated/α-hetero) is 1. The Balaban J connectivity index is 2.00. The molecule has 1 heterocycles. The Morgan fingerprint density at radius 1 is 1.10 bits per heavy atom. The average Bonchev–Trinajstić information content (AvgIpc) is 2.83. The van der Waals surface area contributed by atoms with Gasteiger partial charge in [0.25, 0.3) is 5.91 Å². The molecule has 2 aromatic carbocycles. The minimum Gasteiger partial charge on any atom is -0.375 e. The fraction of sp³-hybridized carbons (Fsp3) is 0.440. The van der Waals surface area contributed by atoms with Crippen LogP contribution in [-0.4, -0.2) is 23.3 Å². The van der Waals surface area contributed by atoms with E-state index in [1.807, 2.05) is 45.0 Å². The van der Waals surface area contributed by atoms with Gasteiger partial charge in [0.15, 0.2) is 11.4 Å². The number of benzene rings is 2. The van der Waals surface area contributed by atoms with Gasteiger partial charge in [-0.15, -0.1) is 0 Å². The van der Waals surface area contributed by atoms with E-state index < -0.39 is 11.5 Å². The van der Waals surface area contributed by atoms with Crippen molar-refractivity contribution in [2.24, 2.45) is 0 Å². The van der Waals surface area contributed by atoms with E-state index in [9.17, 15) is 14.7 Å². The van der Waals surface area contributed by atoms with Crippen molar-refractivity contribution in [3.63, 3.8) is 0 Å². The molecule has 2 aromatic rings. The number of aryl methyl sites for hydroxylation is 2. The minimum absolute atomic E-state index is 0.0175. The smallest absolute Gasteiger partial charge is 0.264 e. The Labute approximate surface area is 173 Å². The van der Waals surface area contributed by atoms with Gasteiger partial charge in [-0.25, -0.2) is 0 Å². The Hall–Kier alpha value is -2.46. The molecule has 0 bridgehead atoms. The second-order valence-electron chi connectivity index (χ2n) is 9.17. The number of ketones is 1. The van der Waals surface area contributed by atoms with E-state index in [0.717, 1.165) is 17.5 Å². The van der Waals surface area contributed by atoms with Crippen LogP contribution in [0.1, 0.15) is 73.1 Å². The monoisotopic (exact) mass is 393 g/mol. The van der Waals surface area contributed by atoms with Crippen molar-refractivity contribution in [2.75, 3.05) is 11.4 Å². The zero-order valence-corrected chi connectivity index (χ0v) is 18.3. The summed E-state index contributed by atoms with van der Waals surface area (Å²) in [6, 6.07) is 11.3. The van der Waals surface area contributed by atoms with Crippen LogP contribution in [0.2, 0.25) is 0 Å². The number of anilines is 1. The molecule has 0 saturated heterocycles. The van der Waals surface area contributed by atoms with Gasteiger partial charge >= 0.3 is 0 Å². The van der Waals surface area contributed by atoms with Crippen molar-refractivity contribution >= 4 is 17.4 Å². The molecule has 3 rings (SSSR count). The minimum atomic E-state index is -1.82. The quantitative estimate of drug-likeness (QED) is 0.741. The highest BCUT2D eigenvalue weighted by atomic mass is 16.3. The molecule has 0 fully saturated rings. The number of para-hydroxylation sites is 1. The van der Waals surface area contributed by atoms with E-state index >= 15 is 0 Å². The lowest BCUT2D eigenvalue weighted by Gasteiger charge is -2.25. The molecule has 0 spiro atoms. The maximum atomic E-state index is 13.3. The first-order valence-corrected chi connectivity index (χ1v) is 10.3. The first-order chi connectivity index (χ1) is 13.5. The van der Waals surface area contributed by atoms with Crippen molar-refractivity contribution in [1.82, 2.24) is 0 Å². The highest BCUT2D eigenvalue weighted by Crippen LogP contribution is 2.43. The van der Waals surface area contributed by atoms with Crippen LogP contribution in [0.5, 0.6) is 0 Å². The molecule has 4 nitrogen and oxygen atoms in total. The zero-order chi connectivity index (χ0) is 21.6. The normalized spacial score (nSPS) is 18.9. The van der Waals surface area contributed by atoms with Crippen LogP contribution in [0.3, 0.4) is 0 Å². The Morgan fingerprint density at radius 3 is 2.24 bits per heavy atom. The van der Waals surface area contributed by atoms with Crippen molar-refractivity contribution in [3.8, 4) is 0 Å². The Kier molecular flexibility index (Phi) is 5.44. The van der Waals surface area contributed by atoms with Gasteiger partial charge in [0.05, 0.1) is 12.1 Å². The third-order valence-electron chi connectivity index (χ3n) is 5.78. The van der Waals surface area contributed by atoms with Crippen LogP contribution in [0.25, 0.3) is 0 Å². The fourth-order valence-electron chi connectivity index (χ4n) is 4.28. The molecule has 29 heavy (non-hydrogen) atoms. The number of hydrogen-bond acceptors (Lipinski definition) is 3. The summed E-state index contributed by atoms with van der Waals surface area (Å²) in [4.78, 5) is 28.0. The van der Waals surface area contributed by atoms with E-state index in [1.54, 1.807) is 17.0 Å². The lowest BCUT2D eigenvalue weighted by Crippen LogP contribution is -2.42. The molecule has 1 aliphatic heterocycles. The fourth-order valence-corrected chi connectivity index (χ4v) is 4.28. The summed E-state index contributed by atoms with van der Waals surface area (Å²) < 4.78 is 0. The molecule has 154 valence electrons. The standard InChI is InChI=1S/C25H31NO3/c1-7-12-26-20-11-9-8-10-19(20)25(29,23(26)28)15-21(27)22-16(2)13-18(14-17(22)3)24(4,5)6/h8-11,13-14,29H,7,12,15H2,1-6H3/t25-/m1/s1. The molecule has 0 aliphatic carbocycles. The summed E-state index contributed by atoms with van der Waals surface area (Å²) in [5, 5.41) is 11.4. The summed E-state index contributed by atoms with van der Waals surface area (Å²) in [6.07, 6.45) is 0.524. The van der Waals surface area contributed by atoms with Crippen LogP contribution in [0.4, 0.5) is 5.69 Å². The van der Waals surface area contributed by atoms with E-state index in [0.29, 0.717) is 23.4 Å². The molecule has 0 radical (unpaired) electrons. The molecule has 1 N–H and O–H groups in total. The molecule has 0 saturated carbocycles. The molecule has 0 aromatic heterocycles. The van der Waals surface area contributed by atoms with Gasteiger partial charge in [-0.3, -0.25) is 9.59 Å². The molecule has 0 unspecified atom stereocenters. The molecular formula is C25H31NO3. The van der Waals surface area contributed by atoms with E-state index in [1.165, 1.54) is 5.56 Å². The van der Waals surface area contributed by atoms with Crippen molar-refractivity contribution in [2.45, 2.75) is 65.4 Å². The van der Waals surface area contributed by atoms with Crippen LogP contribution in [-0.2, 0) is 15.8 Å². The number of carbonyl (C=O) groups excluding carboxylic acids is 2. The SMILES string of the molecule is CCCN1C(=O)[C@@](O)(CC(=O)c2c(C)cc(C(C)(C)C)cc2C)c2ccccc21. The van der Waals surface area contributed by atoms with E-state index in [4.69, 9.17) is 0 Å². The van der Waals surface area contributed by atoms with Gasteiger partial charge in [0.1, 0.15) is 0 Å². The summed E-state index contributed by atoms with van der Waals surface area (Å²) in [6.45, 7) is 12.8. The predicted octanol–water partition coefficient (Wildman–Crippen LogP) is 4.82. The molecule has 1 aliphatic rings. The zero-order valence-electron chi connectivity index (χ0n) is 18.3. The molecule has 1 atom stereocenters. The number of hydrogen-bond donors (Lipinski definition) is 1. The number of nitrogens with zero attached hydrogens (tertiary/aromatic N) is 1. The average molecular weight is 394 g/mol. The van der Waals surface area contributed by atoms with Gasteiger partial charge in [0, 0.05) is 17.7 Å². The first-order valence-electron chi connectivity index (χ1n) is 10.3. The third-order valence-corrected chi connectivity index (χ3v) is 5.78. The number of carbonyl (C=O) groups is 2. The highest BCUT2D eigenvalue weighted by molar-refractivity contribution is 6.11. The van der Waals surface area contributed by atoms with E-state index in [-0.39, 0.29) is 17.6 Å². The largest absolute Gasteiger partial charge is 0.375 e. The van der Waals surface area contributed by atoms with Gasteiger partial charge in [-0.05, 0) is 48.4 Å². The number of aliphatic hydroxyl groups is 1.